The molecule has 0 amide bonds. The van der Waals surface area contributed by atoms with Crippen molar-refractivity contribution in [2.24, 2.45) is 0 Å². The summed E-state index contributed by atoms with van der Waals surface area (Å²) in [6.45, 7) is 6.90. The van der Waals surface area contributed by atoms with Gasteiger partial charge in [0, 0.05) is 16.5 Å². The maximum Gasteiger partial charge on any atom is 0.0991 e. The molecule has 2 aromatic rings. The molecule has 3 heteroatoms. The fraction of sp³-hybridized carbons (Fsp3) is 0.429. The summed E-state index contributed by atoms with van der Waals surface area (Å²) in [6, 6.07) is 7.76. The molecule has 0 aliphatic carbocycles. The molecule has 1 aromatic heterocycles. The molecule has 1 aromatic carbocycles. The number of benzene rings is 1. The Balaban J connectivity index is 2.84. The fourth-order valence-corrected chi connectivity index (χ4v) is 2.24. The SMILES string of the molecule is CC(C)(O)c1[nH]c2ccccc2c1C(C)(C)O. The highest BCUT2D eigenvalue weighted by atomic mass is 16.3. The highest BCUT2D eigenvalue weighted by Crippen LogP contribution is 2.36. The summed E-state index contributed by atoms with van der Waals surface area (Å²) in [5.41, 5.74) is 0.372. The van der Waals surface area contributed by atoms with Crippen LogP contribution in [0.25, 0.3) is 10.9 Å². The van der Waals surface area contributed by atoms with E-state index in [9.17, 15) is 10.2 Å². The normalized spacial score (nSPS) is 13.3. The van der Waals surface area contributed by atoms with Crippen molar-refractivity contribution >= 4 is 10.9 Å². The summed E-state index contributed by atoms with van der Waals surface area (Å²) < 4.78 is 0. The van der Waals surface area contributed by atoms with Crippen molar-refractivity contribution in [3.8, 4) is 0 Å². The summed E-state index contributed by atoms with van der Waals surface area (Å²) >= 11 is 0. The van der Waals surface area contributed by atoms with Gasteiger partial charge in [0.1, 0.15) is 0 Å². The maximum absolute atomic E-state index is 10.3. The summed E-state index contributed by atoms with van der Waals surface area (Å²) in [7, 11) is 0. The van der Waals surface area contributed by atoms with Gasteiger partial charge in [-0.15, -0.1) is 0 Å². The highest BCUT2D eigenvalue weighted by Gasteiger charge is 2.31. The van der Waals surface area contributed by atoms with Crippen LogP contribution in [0.5, 0.6) is 0 Å². The number of nitrogens with one attached hydrogen (secondary N) is 1. The first kappa shape index (κ1) is 12.1. The third-order valence-electron chi connectivity index (χ3n) is 2.93. The van der Waals surface area contributed by atoms with E-state index in [1.54, 1.807) is 27.7 Å². The number of hydrogen-bond acceptors (Lipinski definition) is 2. The van der Waals surface area contributed by atoms with Gasteiger partial charge in [0.05, 0.1) is 16.9 Å². The lowest BCUT2D eigenvalue weighted by Gasteiger charge is -2.25. The van der Waals surface area contributed by atoms with Crippen LogP contribution in [0.2, 0.25) is 0 Å². The van der Waals surface area contributed by atoms with Gasteiger partial charge in [0.25, 0.3) is 0 Å². The van der Waals surface area contributed by atoms with Crippen molar-refractivity contribution in [3.63, 3.8) is 0 Å². The minimum Gasteiger partial charge on any atom is -0.386 e. The molecule has 92 valence electrons. The second-order valence-electron chi connectivity index (χ2n) is 5.54. The molecule has 0 spiro atoms. The second-order valence-corrected chi connectivity index (χ2v) is 5.54. The molecule has 3 nitrogen and oxygen atoms in total. The van der Waals surface area contributed by atoms with Gasteiger partial charge in [-0.3, -0.25) is 0 Å². The monoisotopic (exact) mass is 233 g/mol. The number of fused-ring (bicyclic) bond motifs is 1. The molecule has 0 atom stereocenters. The summed E-state index contributed by atoms with van der Waals surface area (Å²) in [5, 5.41) is 21.4. The Kier molecular flexibility index (Phi) is 2.56. The highest BCUT2D eigenvalue weighted by molar-refractivity contribution is 5.85. The van der Waals surface area contributed by atoms with Crippen molar-refractivity contribution in [1.29, 1.82) is 0 Å². The molecule has 0 aliphatic rings. The Morgan fingerprint density at radius 1 is 0.941 bits per heavy atom. The van der Waals surface area contributed by atoms with Gasteiger partial charge >= 0.3 is 0 Å². The average molecular weight is 233 g/mol. The number of aliphatic hydroxyl groups is 2. The molecule has 3 N–H and O–H groups in total. The summed E-state index contributed by atoms with van der Waals surface area (Å²) in [4.78, 5) is 3.20. The van der Waals surface area contributed by atoms with Gasteiger partial charge in [-0.1, -0.05) is 18.2 Å². The minimum absolute atomic E-state index is 0.672. The van der Waals surface area contributed by atoms with Crippen LogP contribution in [0.3, 0.4) is 0 Å². The molecule has 0 radical (unpaired) electrons. The lowest BCUT2D eigenvalue weighted by Crippen LogP contribution is -2.25. The van der Waals surface area contributed by atoms with E-state index in [-0.39, 0.29) is 0 Å². The molecular weight excluding hydrogens is 214 g/mol. The van der Waals surface area contributed by atoms with Crippen LogP contribution in [0, 0.1) is 0 Å². The standard InChI is InChI=1S/C14H19NO2/c1-13(2,16)11-9-7-5-6-8-10(9)15-12(11)14(3,4)17/h5-8,15-17H,1-4H3. The van der Waals surface area contributed by atoms with E-state index in [4.69, 9.17) is 0 Å². The van der Waals surface area contributed by atoms with Gasteiger partial charge in [-0.25, -0.2) is 0 Å². The van der Waals surface area contributed by atoms with Crippen molar-refractivity contribution in [2.75, 3.05) is 0 Å². The smallest absolute Gasteiger partial charge is 0.0991 e. The molecule has 0 saturated heterocycles. The van der Waals surface area contributed by atoms with E-state index in [2.05, 4.69) is 4.98 Å². The van der Waals surface area contributed by atoms with Crippen molar-refractivity contribution in [1.82, 2.24) is 4.98 Å². The van der Waals surface area contributed by atoms with Crippen LogP contribution in [0.15, 0.2) is 24.3 Å². The molecule has 1 heterocycles. The Morgan fingerprint density at radius 2 is 1.53 bits per heavy atom. The zero-order valence-corrected chi connectivity index (χ0v) is 10.7. The van der Waals surface area contributed by atoms with Gasteiger partial charge in [0.15, 0.2) is 0 Å². The van der Waals surface area contributed by atoms with Crippen molar-refractivity contribution in [2.45, 2.75) is 38.9 Å². The quantitative estimate of drug-likeness (QED) is 0.746. The Bertz CT molecular complexity index is 541. The zero-order chi connectivity index (χ0) is 12.8. The van der Waals surface area contributed by atoms with Gasteiger partial charge in [-0.05, 0) is 33.8 Å². The first-order valence-electron chi connectivity index (χ1n) is 5.77. The van der Waals surface area contributed by atoms with E-state index >= 15 is 0 Å². The Morgan fingerprint density at radius 3 is 2.06 bits per heavy atom. The first-order valence-corrected chi connectivity index (χ1v) is 5.77. The molecule has 2 rings (SSSR count). The third-order valence-corrected chi connectivity index (χ3v) is 2.93. The van der Waals surface area contributed by atoms with E-state index in [0.29, 0.717) is 5.69 Å². The van der Waals surface area contributed by atoms with Crippen LogP contribution in [-0.2, 0) is 11.2 Å². The number of aromatic amines is 1. The fourth-order valence-electron chi connectivity index (χ4n) is 2.24. The molecule has 17 heavy (non-hydrogen) atoms. The van der Waals surface area contributed by atoms with Crippen LogP contribution in [-0.4, -0.2) is 15.2 Å². The Labute approximate surface area is 101 Å². The maximum atomic E-state index is 10.3. The number of H-pyrrole nitrogens is 1. The molecule has 0 fully saturated rings. The van der Waals surface area contributed by atoms with Crippen molar-refractivity contribution in [3.05, 3.63) is 35.5 Å². The van der Waals surface area contributed by atoms with E-state index in [0.717, 1.165) is 16.5 Å². The van der Waals surface area contributed by atoms with E-state index in [1.807, 2.05) is 24.3 Å². The second kappa shape index (κ2) is 3.59. The van der Waals surface area contributed by atoms with E-state index in [1.165, 1.54) is 0 Å². The molecule has 0 unspecified atom stereocenters. The first-order chi connectivity index (χ1) is 7.71. The van der Waals surface area contributed by atoms with Crippen LogP contribution in [0.4, 0.5) is 0 Å². The lowest BCUT2D eigenvalue weighted by molar-refractivity contribution is 0.0511. The molecule has 0 bridgehead atoms. The predicted molar refractivity (Wildman–Crippen MR) is 68.8 cm³/mol. The molecule has 0 aliphatic heterocycles. The topological polar surface area (TPSA) is 56.2 Å². The lowest BCUT2D eigenvalue weighted by atomic mass is 9.89. The minimum atomic E-state index is -1.01. The number of aromatic nitrogens is 1. The van der Waals surface area contributed by atoms with Crippen LogP contribution >= 0.6 is 0 Å². The number of hydrogen-bond donors (Lipinski definition) is 3. The van der Waals surface area contributed by atoms with Gasteiger partial charge in [0.2, 0.25) is 0 Å². The number of para-hydroxylation sites is 1. The Hall–Kier alpha value is -1.32. The largest absolute Gasteiger partial charge is 0.386 e. The average Bonchev–Trinajstić information content (AvgIpc) is 2.54. The third kappa shape index (κ3) is 2.08. The zero-order valence-electron chi connectivity index (χ0n) is 10.7. The van der Waals surface area contributed by atoms with Gasteiger partial charge < -0.3 is 15.2 Å². The molecular formula is C14H19NO2. The van der Waals surface area contributed by atoms with E-state index < -0.39 is 11.2 Å². The van der Waals surface area contributed by atoms with Gasteiger partial charge in [-0.2, -0.15) is 0 Å². The summed E-state index contributed by atoms with van der Waals surface area (Å²) in [5.74, 6) is 0. The number of rotatable bonds is 2. The van der Waals surface area contributed by atoms with Crippen LogP contribution < -0.4 is 0 Å². The predicted octanol–water partition coefficient (Wildman–Crippen LogP) is 2.62. The summed E-state index contributed by atoms with van der Waals surface area (Å²) in [6.07, 6.45) is 0. The molecule has 0 saturated carbocycles. The van der Waals surface area contributed by atoms with Crippen LogP contribution in [0.1, 0.15) is 39.0 Å². The van der Waals surface area contributed by atoms with Crippen molar-refractivity contribution < 1.29 is 10.2 Å².